The monoisotopic (exact) mass is 317 g/mol. The van der Waals surface area contributed by atoms with Crippen LogP contribution < -0.4 is 10.6 Å². The number of nitrogens with one attached hydrogen (secondary N) is 2. The molecule has 116 valence electrons. The Bertz CT molecular complexity index is 644. The van der Waals surface area contributed by atoms with Crippen molar-refractivity contribution in [2.45, 2.75) is 24.3 Å². The number of urea groups is 1. The summed E-state index contributed by atoms with van der Waals surface area (Å²) >= 11 is 0. The quantitative estimate of drug-likeness (QED) is 0.890. The maximum atomic E-state index is 11.9. The first kappa shape index (κ1) is 16.2. The summed E-state index contributed by atoms with van der Waals surface area (Å²) < 4.78 is 11.3. The van der Waals surface area contributed by atoms with Crippen molar-refractivity contribution in [1.82, 2.24) is 10.3 Å². The van der Waals surface area contributed by atoms with E-state index in [-0.39, 0.29) is 12.1 Å². The molecule has 2 unspecified atom stereocenters. The zero-order valence-corrected chi connectivity index (χ0v) is 13.4. The van der Waals surface area contributed by atoms with Crippen LogP contribution in [-0.4, -0.2) is 27.5 Å². The average Bonchev–Trinajstić information content (AvgIpc) is 2.48. The molecule has 2 N–H and O–H groups in total. The van der Waals surface area contributed by atoms with Gasteiger partial charge in [0.05, 0.1) is 0 Å². The molecule has 2 rings (SSSR count). The van der Waals surface area contributed by atoms with Gasteiger partial charge in [-0.25, -0.2) is 4.79 Å². The summed E-state index contributed by atoms with van der Waals surface area (Å²) in [5.41, 5.74) is 1.79. The molecule has 0 fully saturated rings. The second-order valence-corrected chi connectivity index (χ2v) is 6.42. The van der Waals surface area contributed by atoms with Crippen molar-refractivity contribution in [2.75, 3.05) is 11.6 Å². The molecule has 6 heteroatoms. The second kappa shape index (κ2) is 7.70. The number of hydrogen-bond acceptors (Lipinski definition) is 3. The Morgan fingerprint density at radius 2 is 1.82 bits per heavy atom. The van der Waals surface area contributed by atoms with Gasteiger partial charge in [-0.15, -0.1) is 0 Å². The van der Waals surface area contributed by atoms with E-state index in [4.69, 9.17) is 0 Å². The van der Waals surface area contributed by atoms with E-state index in [0.717, 1.165) is 16.9 Å². The lowest BCUT2D eigenvalue weighted by atomic mass is 10.1. The lowest BCUT2D eigenvalue weighted by molar-refractivity contribution is 0.249. The van der Waals surface area contributed by atoms with E-state index in [2.05, 4.69) is 15.6 Å². The second-order valence-electron chi connectivity index (χ2n) is 5.04. The molecule has 5 nitrogen and oxygen atoms in total. The molecule has 0 bridgehead atoms. The first-order valence-corrected chi connectivity index (χ1v) is 8.50. The van der Waals surface area contributed by atoms with Crippen molar-refractivity contribution in [2.24, 2.45) is 0 Å². The van der Waals surface area contributed by atoms with Crippen LogP contribution in [0.4, 0.5) is 10.5 Å². The summed E-state index contributed by atoms with van der Waals surface area (Å²) in [4.78, 5) is 16.6. The molecule has 0 radical (unpaired) electrons. The van der Waals surface area contributed by atoms with E-state index < -0.39 is 10.8 Å². The third kappa shape index (κ3) is 4.96. The van der Waals surface area contributed by atoms with Gasteiger partial charge in [-0.1, -0.05) is 0 Å². The first-order valence-electron chi connectivity index (χ1n) is 6.94. The maximum Gasteiger partial charge on any atom is 0.319 e. The molecule has 0 aliphatic carbocycles. The highest BCUT2D eigenvalue weighted by molar-refractivity contribution is 7.84. The summed E-state index contributed by atoms with van der Waals surface area (Å²) in [6, 6.07) is 10.6. The van der Waals surface area contributed by atoms with Gasteiger partial charge in [0.25, 0.3) is 0 Å². The predicted molar refractivity (Wildman–Crippen MR) is 88.3 cm³/mol. The van der Waals surface area contributed by atoms with Gasteiger partial charge in [0.2, 0.25) is 0 Å². The first-order chi connectivity index (χ1) is 10.5. The normalized spacial score (nSPS) is 13.2. The minimum Gasteiger partial charge on any atom is -0.335 e. The molecular formula is C16H19N3O2S. The van der Waals surface area contributed by atoms with E-state index in [1.165, 1.54) is 0 Å². The van der Waals surface area contributed by atoms with Gasteiger partial charge in [-0.05, 0) is 55.3 Å². The number of nitrogens with zero attached hydrogens (tertiary/aromatic N) is 1. The van der Waals surface area contributed by atoms with Gasteiger partial charge in [0.15, 0.2) is 0 Å². The van der Waals surface area contributed by atoms with E-state index in [1.54, 1.807) is 42.9 Å². The summed E-state index contributed by atoms with van der Waals surface area (Å²) in [7, 11) is -1.02. The lowest BCUT2D eigenvalue weighted by Gasteiger charge is -2.14. The van der Waals surface area contributed by atoms with Gasteiger partial charge in [0.1, 0.15) is 0 Å². The van der Waals surface area contributed by atoms with Crippen molar-refractivity contribution >= 4 is 22.5 Å². The minimum absolute atomic E-state index is 0.00446. The topological polar surface area (TPSA) is 71.1 Å². The lowest BCUT2D eigenvalue weighted by Crippen LogP contribution is -2.37. The van der Waals surface area contributed by atoms with E-state index >= 15 is 0 Å². The summed E-state index contributed by atoms with van der Waals surface area (Å²) in [5, 5.41) is 5.65. The standard InChI is InChI=1S/C16H19N3O2S/c1-12(11-13-7-9-17-10-8-13)18-16(20)19-14-3-5-15(6-4-14)22(2)21/h3-10,12H,11H2,1-2H3,(H2,18,19,20). The Morgan fingerprint density at radius 1 is 1.18 bits per heavy atom. The van der Waals surface area contributed by atoms with Crippen LogP contribution in [0.2, 0.25) is 0 Å². The number of rotatable bonds is 5. The molecule has 0 aliphatic rings. The average molecular weight is 317 g/mol. The molecule has 2 amide bonds. The highest BCUT2D eigenvalue weighted by Gasteiger charge is 2.08. The highest BCUT2D eigenvalue weighted by Crippen LogP contribution is 2.11. The van der Waals surface area contributed by atoms with Gasteiger partial charge < -0.3 is 10.6 Å². The fraction of sp³-hybridized carbons (Fsp3) is 0.250. The number of pyridine rings is 1. The Hall–Kier alpha value is -2.21. The van der Waals surface area contributed by atoms with Gasteiger partial charge in [0, 0.05) is 46.1 Å². The highest BCUT2D eigenvalue weighted by atomic mass is 32.2. The third-order valence-corrected chi connectivity index (χ3v) is 4.05. The summed E-state index contributed by atoms with van der Waals surface area (Å²) in [5.74, 6) is 0. The Kier molecular flexibility index (Phi) is 5.66. The molecule has 0 aliphatic heterocycles. The van der Waals surface area contributed by atoms with Crippen LogP contribution in [0, 0.1) is 0 Å². The molecule has 0 saturated carbocycles. The zero-order valence-electron chi connectivity index (χ0n) is 12.6. The van der Waals surface area contributed by atoms with Crippen molar-refractivity contribution in [3.63, 3.8) is 0 Å². The fourth-order valence-corrected chi connectivity index (χ4v) is 2.56. The summed E-state index contributed by atoms with van der Waals surface area (Å²) in [6.45, 7) is 1.95. The third-order valence-electron chi connectivity index (χ3n) is 3.11. The van der Waals surface area contributed by atoms with Gasteiger partial charge in [-0.2, -0.15) is 0 Å². The van der Waals surface area contributed by atoms with Crippen LogP contribution in [0.25, 0.3) is 0 Å². The molecule has 1 aromatic carbocycles. The molecule has 2 aromatic rings. The SMILES string of the molecule is CC(Cc1ccncc1)NC(=O)Nc1ccc(S(C)=O)cc1. The van der Waals surface area contributed by atoms with Gasteiger partial charge in [-0.3, -0.25) is 9.19 Å². The maximum absolute atomic E-state index is 11.9. The number of carbonyl (C=O) groups is 1. The molecule has 0 spiro atoms. The van der Waals surface area contributed by atoms with E-state index in [1.807, 2.05) is 19.1 Å². The van der Waals surface area contributed by atoms with Crippen LogP contribution in [0.1, 0.15) is 12.5 Å². The predicted octanol–water partition coefficient (Wildman–Crippen LogP) is 2.57. The van der Waals surface area contributed by atoms with Gasteiger partial charge >= 0.3 is 6.03 Å². The zero-order chi connectivity index (χ0) is 15.9. The van der Waals surface area contributed by atoms with Crippen molar-refractivity contribution in [1.29, 1.82) is 0 Å². The van der Waals surface area contributed by atoms with Crippen molar-refractivity contribution in [3.8, 4) is 0 Å². The smallest absolute Gasteiger partial charge is 0.319 e. The van der Waals surface area contributed by atoms with Crippen molar-refractivity contribution in [3.05, 3.63) is 54.4 Å². The number of benzene rings is 1. The molecule has 0 saturated heterocycles. The molecule has 2 atom stereocenters. The number of anilines is 1. The van der Waals surface area contributed by atoms with Crippen LogP contribution in [-0.2, 0) is 17.2 Å². The molecular weight excluding hydrogens is 298 g/mol. The molecule has 22 heavy (non-hydrogen) atoms. The molecule has 1 heterocycles. The van der Waals surface area contributed by atoms with Crippen LogP contribution in [0.3, 0.4) is 0 Å². The van der Waals surface area contributed by atoms with Crippen molar-refractivity contribution < 1.29 is 9.00 Å². The minimum atomic E-state index is -1.02. The largest absolute Gasteiger partial charge is 0.335 e. The molecule has 1 aromatic heterocycles. The number of hydrogen-bond donors (Lipinski definition) is 2. The number of amides is 2. The number of carbonyl (C=O) groups excluding carboxylic acids is 1. The number of aromatic nitrogens is 1. The Morgan fingerprint density at radius 3 is 2.41 bits per heavy atom. The van der Waals surface area contributed by atoms with E-state index in [9.17, 15) is 9.00 Å². The van der Waals surface area contributed by atoms with Crippen LogP contribution in [0.5, 0.6) is 0 Å². The van der Waals surface area contributed by atoms with E-state index in [0.29, 0.717) is 5.69 Å². The summed E-state index contributed by atoms with van der Waals surface area (Å²) in [6.07, 6.45) is 5.84. The Labute approximate surface area is 132 Å². The Balaban J connectivity index is 1.85. The van der Waals surface area contributed by atoms with Crippen LogP contribution in [0.15, 0.2) is 53.7 Å². The van der Waals surface area contributed by atoms with Crippen LogP contribution >= 0.6 is 0 Å². The fourth-order valence-electron chi connectivity index (χ4n) is 2.04.